The lowest BCUT2D eigenvalue weighted by atomic mass is 9.91. The van der Waals surface area contributed by atoms with Crippen molar-refractivity contribution in [2.75, 3.05) is 13.2 Å². The third-order valence-electron chi connectivity index (χ3n) is 8.46. The van der Waals surface area contributed by atoms with Crippen LogP contribution in [0.1, 0.15) is 77.8 Å². The van der Waals surface area contributed by atoms with Crippen molar-refractivity contribution >= 4 is 80.2 Å². The molecule has 0 amide bonds. The summed E-state index contributed by atoms with van der Waals surface area (Å²) in [4.78, 5) is 45.7. The van der Waals surface area contributed by atoms with E-state index in [9.17, 15) is 14.4 Å². The van der Waals surface area contributed by atoms with Crippen molar-refractivity contribution in [1.29, 1.82) is 0 Å². The summed E-state index contributed by atoms with van der Waals surface area (Å²) in [6.45, 7) is 8.63. The number of thiazole rings is 1. The van der Waals surface area contributed by atoms with Crippen LogP contribution in [0.4, 0.5) is 0 Å². The molecule has 52 heavy (non-hydrogen) atoms. The first-order valence-electron chi connectivity index (χ1n) is 16.9. The largest absolute Gasteiger partial charge is 0.487 e. The summed E-state index contributed by atoms with van der Waals surface area (Å²) in [5.74, 6) is 0.189. The van der Waals surface area contributed by atoms with Crippen LogP contribution in [-0.4, -0.2) is 29.7 Å². The highest BCUT2D eigenvalue weighted by Crippen LogP contribution is 2.36. The van der Waals surface area contributed by atoms with Crippen LogP contribution >= 0.6 is 56.5 Å². The average Bonchev–Trinajstić information content (AvgIpc) is 3.45. The Bertz CT molecular complexity index is 2310. The van der Waals surface area contributed by atoms with Gasteiger partial charge in [0.2, 0.25) is 0 Å². The molecule has 1 atom stereocenters. The molecule has 0 spiro atoms. The molecule has 6 rings (SSSR count). The molecule has 0 radical (unpaired) electrons. The number of carbonyl (C=O) groups is 2. The van der Waals surface area contributed by atoms with E-state index in [4.69, 9.17) is 19.2 Å². The maximum atomic E-state index is 14.4. The van der Waals surface area contributed by atoms with E-state index in [0.717, 1.165) is 40.7 Å². The third-order valence-corrected chi connectivity index (χ3v) is 11.0. The van der Waals surface area contributed by atoms with E-state index in [-0.39, 0.29) is 18.1 Å². The molecule has 0 saturated carbocycles. The Kier molecular flexibility index (Phi) is 12.1. The van der Waals surface area contributed by atoms with Crippen molar-refractivity contribution in [2.24, 2.45) is 4.99 Å². The van der Waals surface area contributed by atoms with E-state index in [1.807, 2.05) is 84.9 Å². The predicted molar refractivity (Wildman–Crippen MR) is 220 cm³/mol. The molecular weight excluding hydrogens is 902 g/mol. The Morgan fingerprint density at radius 1 is 0.885 bits per heavy atom. The van der Waals surface area contributed by atoms with Crippen molar-refractivity contribution in [3.05, 3.63) is 157 Å². The number of esters is 2. The number of ether oxygens (including phenoxy) is 3. The highest BCUT2D eigenvalue weighted by atomic mass is 127. The van der Waals surface area contributed by atoms with Gasteiger partial charge in [-0.3, -0.25) is 9.36 Å². The van der Waals surface area contributed by atoms with Crippen LogP contribution in [0.25, 0.3) is 11.8 Å². The van der Waals surface area contributed by atoms with Crippen LogP contribution in [0.5, 0.6) is 5.75 Å². The average molecular weight is 939 g/mol. The van der Waals surface area contributed by atoms with Gasteiger partial charge in [-0.2, -0.15) is 0 Å². The number of fused-ring (bicyclic) bond motifs is 1. The molecule has 0 aliphatic carbocycles. The van der Waals surface area contributed by atoms with E-state index in [2.05, 4.69) is 59.0 Å². The fourth-order valence-corrected chi connectivity index (χ4v) is 9.01. The van der Waals surface area contributed by atoms with Crippen LogP contribution in [0, 0.1) is 7.14 Å². The van der Waals surface area contributed by atoms with E-state index in [1.54, 1.807) is 30.5 Å². The molecule has 4 aromatic carbocycles. The van der Waals surface area contributed by atoms with Gasteiger partial charge in [0.15, 0.2) is 4.80 Å². The van der Waals surface area contributed by atoms with Crippen LogP contribution < -0.4 is 19.6 Å². The minimum absolute atomic E-state index is 0.187. The lowest BCUT2D eigenvalue weighted by Gasteiger charge is -2.26. The zero-order valence-electron chi connectivity index (χ0n) is 29.0. The Hall–Kier alpha value is -4.08. The first-order chi connectivity index (χ1) is 25.1. The van der Waals surface area contributed by atoms with Crippen molar-refractivity contribution < 1.29 is 23.8 Å². The summed E-state index contributed by atoms with van der Waals surface area (Å²) in [6, 6.07) is 28.0. The number of rotatable bonds is 11. The van der Waals surface area contributed by atoms with Crippen molar-refractivity contribution in [1.82, 2.24) is 4.57 Å². The topological polar surface area (TPSA) is 96.2 Å². The second kappa shape index (κ2) is 16.7. The first kappa shape index (κ1) is 37.7. The summed E-state index contributed by atoms with van der Waals surface area (Å²) in [6.07, 6.45) is 1.86. The number of nitrogens with zero attached hydrogens (tertiary/aromatic N) is 2. The molecule has 1 aliphatic rings. The molecule has 0 bridgehead atoms. The minimum atomic E-state index is -0.740. The van der Waals surface area contributed by atoms with Crippen LogP contribution in [0.15, 0.2) is 106 Å². The lowest BCUT2D eigenvalue weighted by molar-refractivity contribution is -0.138. The molecule has 1 aliphatic heterocycles. The molecule has 5 aromatic rings. The van der Waals surface area contributed by atoms with Gasteiger partial charge in [0.1, 0.15) is 12.4 Å². The third kappa shape index (κ3) is 8.11. The van der Waals surface area contributed by atoms with Gasteiger partial charge in [0.25, 0.3) is 5.56 Å². The minimum Gasteiger partial charge on any atom is -0.487 e. The van der Waals surface area contributed by atoms with E-state index >= 15 is 0 Å². The van der Waals surface area contributed by atoms with Gasteiger partial charge >= 0.3 is 11.9 Å². The normalized spacial score (nSPS) is 14.2. The second-order valence-corrected chi connectivity index (χ2v) is 15.6. The van der Waals surface area contributed by atoms with Gasteiger partial charge in [0.05, 0.1) is 47.8 Å². The molecule has 0 fully saturated rings. The number of hydrogen-bond donors (Lipinski definition) is 0. The monoisotopic (exact) mass is 938 g/mol. The number of benzene rings is 4. The van der Waals surface area contributed by atoms with Crippen LogP contribution in [0.2, 0.25) is 0 Å². The first-order valence-corrected chi connectivity index (χ1v) is 19.8. The molecule has 11 heteroatoms. The number of aromatic nitrogens is 1. The van der Waals surface area contributed by atoms with E-state index in [1.165, 1.54) is 11.3 Å². The van der Waals surface area contributed by atoms with Crippen molar-refractivity contribution in [2.45, 2.75) is 46.3 Å². The highest BCUT2D eigenvalue weighted by molar-refractivity contribution is 14.1. The summed E-state index contributed by atoms with van der Waals surface area (Å²) in [5.41, 5.74) is 5.53. The number of carbonyl (C=O) groups excluding carboxylic acids is 2. The Balaban J connectivity index is 1.40. The highest BCUT2D eigenvalue weighted by Gasteiger charge is 2.35. The van der Waals surface area contributed by atoms with E-state index < -0.39 is 12.0 Å². The van der Waals surface area contributed by atoms with Crippen LogP contribution in [0.3, 0.4) is 0 Å². The van der Waals surface area contributed by atoms with Gasteiger partial charge in [-0.1, -0.05) is 91.9 Å². The molecule has 8 nitrogen and oxygen atoms in total. The molecule has 266 valence electrons. The second-order valence-electron chi connectivity index (χ2n) is 12.3. The van der Waals surface area contributed by atoms with Gasteiger partial charge in [-0.05, 0) is 118 Å². The standard InChI is InChI=1S/C41H36I2N2O6S/c1-5-49-39(47)30-14-12-25(13-15-30)23-51-37-31(42)20-26(21-32(37)43)22-33-38(46)45-36(29-18-16-27(17-19-29)24(3)4)34(40(48)50-6-2)35(44-41(45)52-33)28-10-8-7-9-11-28/h7-22,24,36H,5-6,23H2,1-4H3/b33-22-/t36-/m0/s1. The summed E-state index contributed by atoms with van der Waals surface area (Å²) in [7, 11) is 0. The SMILES string of the molecule is CCOC(=O)C1=C(c2ccccc2)N=c2s/c(=C\c3cc(I)c(OCc4ccc(C(=O)OCC)cc4)c(I)c3)c(=O)n2[C@H]1c1ccc(C(C)C)cc1. The van der Waals surface area contributed by atoms with Gasteiger partial charge in [-0.25, -0.2) is 14.6 Å². The number of hydrogen-bond acceptors (Lipinski definition) is 8. The fourth-order valence-electron chi connectivity index (χ4n) is 5.88. The Morgan fingerprint density at radius 3 is 2.13 bits per heavy atom. The predicted octanol–water partition coefficient (Wildman–Crippen LogP) is 8.02. The maximum Gasteiger partial charge on any atom is 0.338 e. The molecule has 0 N–H and O–H groups in total. The Labute approximate surface area is 333 Å². The van der Waals surface area contributed by atoms with E-state index in [0.29, 0.717) is 45.3 Å². The quantitative estimate of drug-likeness (QED) is 0.0985. The fraction of sp³-hybridized carbons (Fsp3) is 0.220. The zero-order chi connectivity index (χ0) is 36.9. The number of halogens is 2. The van der Waals surface area contributed by atoms with Gasteiger partial charge in [-0.15, -0.1) is 0 Å². The zero-order valence-corrected chi connectivity index (χ0v) is 34.2. The Morgan fingerprint density at radius 2 is 1.52 bits per heavy atom. The molecular formula is C41H36I2N2O6S. The summed E-state index contributed by atoms with van der Waals surface area (Å²) < 4.78 is 20.8. The van der Waals surface area contributed by atoms with Gasteiger partial charge in [0, 0.05) is 5.56 Å². The molecule has 1 aromatic heterocycles. The smallest absolute Gasteiger partial charge is 0.338 e. The van der Waals surface area contributed by atoms with Crippen molar-refractivity contribution in [3.8, 4) is 5.75 Å². The van der Waals surface area contributed by atoms with Gasteiger partial charge < -0.3 is 14.2 Å². The summed E-state index contributed by atoms with van der Waals surface area (Å²) >= 11 is 5.78. The van der Waals surface area contributed by atoms with Crippen LogP contribution in [-0.2, 0) is 20.9 Å². The lowest BCUT2D eigenvalue weighted by Crippen LogP contribution is -2.40. The molecule has 2 heterocycles. The maximum absolute atomic E-state index is 14.4. The molecule has 0 unspecified atom stereocenters. The van der Waals surface area contributed by atoms with Crippen molar-refractivity contribution in [3.63, 3.8) is 0 Å². The summed E-state index contributed by atoms with van der Waals surface area (Å²) in [5, 5.41) is 0. The molecule has 0 saturated heterocycles.